The molecule has 0 fully saturated rings. The molecule has 3 aromatic carbocycles. The minimum Gasteiger partial charge on any atom is -0.143 e. The molecule has 0 saturated heterocycles. The zero-order chi connectivity index (χ0) is 13.5. The SMILES string of the molecule is Sc1ccc(-c2cccc3c2Cc2ccccc2-3)cc1. The normalized spacial score (nSPS) is 12.1. The van der Waals surface area contributed by atoms with E-state index < -0.39 is 0 Å². The van der Waals surface area contributed by atoms with Crippen LogP contribution in [0, 0.1) is 0 Å². The molecule has 1 aliphatic rings. The predicted octanol–water partition coefficient (Wildman–Crippen LogP) is 5.21. The molecule has 0 saturated carbocycles. The Bertz CT molecular complexity index is 785. The molecule has 0 nitrogen and oxygen atoms in total. The third-order valence-corrected chi connectivity index (χ3v) is 4.33. The number of fused-ring (bicyclic) bond motifs is 3. The quantitative estimate of drug-likeness (QED) is 0.452. The van der Waals surface area contributed by atoms with Crippen LogP contribution in [-0.2, 0) is 6.42 Å². The summed E-state index contributed by atoms with van der Waals surface area (Å²) in [6, 6.07) is 23.7. The molecule has 0 aromatic heterocycles. The Balaban J connectivity index is 1.91. The monoisotopic (exact) mass is 274 g/mol. The van der Waals surface area contributed by atoms with Crippen LogP contribution in [0.1, 0.15) is 11.1 Å². The van der Waals surface area contributed by atoms with E-state index >= 15 is 0 Å². The lowest BCUT2D eigenvalue weighted by atomic mass is 9.96. The second-order valence-electron chi connectivity index (χ2n) is 5.21. The van der Waals surface area contributed by atoms with Gasteiger partial charge in [-0.25, -0.2) is 0 Å². The van der Waals surface area contributed by atoms with Crippen molar-refractivity contribution in [2.24, 2.45) is 0 Å². The molecule has 20 heavy (non-hydrogen) atoms. The highest BCUT2D eigenvalue weighted by Crippen LogP contribution is 2.41. The summed E-state index contributed by atoms with van der Waals surface area (Å²) < 4.78 is 0. The molecule has 96 valence electrons. The number of hydrogen-bond acceptors (Lipinski definition) is 1. The minimum absolute atomic E-state index is 1.00. The first-order valence-electron chi connectivity index (χ1n) is 6.82. The Hall–Kier alpha value is -1.99. The van der Waals surface area contributed by atoms with Gasteiger partial charge >= 0.3 is 0 Å². The van der Waals surface area contributed by atoms with E-state index in [0.717, 1.165) is 11.3 Å². The van der Waals surface area contributed by atoms with Gasteiger partial charge in [-0.1, -0.05) is 54.6 Å². The van der Waals surface area contributed by atoms with Gasteiger partial charge < -0.3 is 0 Å². The van der Waals surface area contributed by atoms with Crippen LogP contribution in [0.4, 0.5) is 0 Å². The molecule has 0 unspecified atom stereocenters. The second kappa shape index (κ2) is 4.53. The highest BCUT2D eigenvalue weighted by atomic mass is 32.1. The fourth-order valence-corrected chi connectivity index (χ4v) is 3.22. The summed E-state index contributed by atoms with van der Waals surface area (Å²) in [4.78, 5) is 1.00. The topological polar surface area (TPSA) is 0 Å². The lowest BCUT2D eigenvalue weighted by molar-refractivity contribution is 1.26. The van der Waals surface area contributed by atoms with Gasteiger partial charge in [0.1, 0.15) is 0 Å². The van der Waals surface area contributed by atoms with E-state index in [2.05, 4.69) is 79.4 Å². The number of thiol groups is 1. The summed E-state index contributed by atoms with van der Waals surface area (Å²) in [6.45, 7) is 0. The van der Waals surface area contributed by atoms with Crippen LogP contribution in [0.15, 0.2) is 71.6 Å². The minimum atomic E-state index is 1.00. The first kappa shape index (κ1) is 11.8. The molecule has 0 spiro atoms. The van der Waals surface area contributed by atoms with Crippen LogP contribution in [-0.4, -0.2) is 0 Å². The molecule has 0 atom stereocenters. The van der Waals surface area contributed by atoms with Crippen LogP contribution in [0.3, 0.4) is 0 Å². The van der Waals surface area contributed by atoms with Gasteiger partial charge in [0.05, 0.1) is 0 Å². The molecular weight excluding hydrogens is 260 g/mol. The van der Waals surface area contributed by atoms with Gasteiger partial charge in [0.2, 0.25) is 0 Å². The van der Waals surface area contributed by atoms with Crippen LogP contribution in [0.5, 0.6) is 0 Å². The largest absolute Gasteiger partial charge is 0.143 e. The summed E-state index contributed by atoms with van der Waals surface area (Å²) in [5, 5.41) is 0. The molecule has 1 heteroatoms. The van der Waals surface area contributed by atoms with Crippen molar-refractivity contribution in [2.75, 3.05) is 0 Å². The van der Waals surface area contributed by atoms with Crippen molar-refractivity contribution in [3.05, 3.63) is 77.9 Å². The highest BCUT2D eigenvalue weighted by Gasteiger charge is 2.20. The predicted molar refractivity (Wildman–Crippen MR) is 87.4 cm³/mol. The van der Waals surface area contributed by atoms with E-state index in [9.17, 15) is 0 Å². The molecular formula is C19H14S. The summed E-state index contributed by atoms with van der Waals surface area (Å²) in [7, 11) is 0. The maximum Gasteiger partial charge on any atom is 0.00404 e. The number of rotatable bonds is 1. The Morgan fingerprint density at radius 1 is 0.650 bits per heavy atom. The third-order valence-electron chi connectivity index (χ3n) is 4.03. The highest BCUT2D eigenvalue weighted by molar-refractivity contribution is 7.80. The molecule has 0 heterocycles. The Kier molecular flexibility index (Phi) is 2.68. The van der Waals surface area contributed by atoms with E-state index in [1.54, 1.807) is 0 Å². The lowest BCUT2D eigenvalue weighted by Crippen LogP contribution is -1.87. The summed E-state index contributed by atoms with van der Waals surface area (Å²) in [6.07, 6.45) is 1.03. The fraction of sp³-hybridized carbons (Fsp3) is 0.0526. The van der Waals surface area contributed by atoms with Crippen molar-refractivity contribution < 1.29 is 0 Å². The van der Waals surface area contributed by atoms with E-state index in [1.165, 1.54) is 33.4 Å². The Morgan fingerprint density at radius 2 is 1.35 bits per heavy atom. The van der Waals surface area contributed by atoms with Gasteiger partial charge in [0, 0.05) is 4.90 Å². The van der Waals surface area contributed by atoms with E-state index in [1.807, 2.05) is 0 Å². The molecule has 0 aliphatic heterocycles. The van der Waals surface area contributed by atoms with E-state index in [4.69, 9.17) is 0 Å². The van der Waals surface area contributed by atoms with Gasteiger partial charge in [0.25, 0.3) is 0 Å². The Morgan fingerprint density at radius 3 is 2.20 bits per heavy atom. The van der Waals surface area contributed by atoms with Crippen LogP contribution < -0.4 is 0 Å². The number of benzene rings is 3. The average Bonchev–Trinajstić information content (AvgIpc) is 2.87. The number of hydrogen-bond donors (Lipinski definition) is 1. The van der Waals surface area contributed by atoms with E-state index in [0.29, 0.717) is 0 Å². The molecule has 0 radical (unpaired) electrons. The van der Waals surface area contributed by atoms with Crippen LogP contribution >= 0.6 is 12.6 Å². The summed E-state index contributed by atoms with van der Waals surface area (Å²) >= 11 is 4.37. The average molecular weight is 274 g/mol. The maximum absolute atomic E-state index is 4.37. The third kappa shape index (κ3) is 1.78. The standard InChI is InChI=1S/C19H14S/c20-15-10-8-13(9-11-15)16-6-3-7-18-17-5-2-1-4-14(17)12-19(16)18/h1-11,20H,12H2. The molecule has 3 aromatic rings. The zero-order valence-corrected chi connectivity index (χ0v) is 11.9. The van der Waals surface area contributed by atoms with Crippen molar-refractivity contribution >= 4 is 12.6 Å². The first-order valence-corrected chi connectivity index (χ1v) is 7.27. The summed E-state index contributed by atoms with van der Waals surface area (Å²) in [5.41, 5.74) is 8.25. The van der Waals surface area contributed by atoms with Crippen molar-refractivity contribution in [2.45, 2.75) is 11.3 Å². The fourth-order valence-electron chi connectivity index (χ4n) is 3.07. The maximum atomic E-state index is 4.37. The zero-order valence-electron chi connectivity index (χ0n) is 11.0. The van der Waals surface area contributed by atoms with Gasteiger partial charge in [-0.15, -0.1) is 12.6 Å². The molecule has 0 amide bonds. The van der Waals surface area contributed by atoms with Crippen LogP contribution in [0.2, 0.25) is 0 Å². The molecule has 0 bridgehead atoms. The van der Waals surface area contributed by atoms with Crippen molar-refractivity contribution in [3.8, 4) is 22.3 Å². The van der Waals surface area contributed by atoms with Gasteiger partial charge in [0.15, 0.2) is 0 Å². The molecule has 1 aliphatic carbocycles. The van der Waals surface area contributed by atoms with Crippen molar-refractivity contribution in [3.63, 3.8) is 0 Å². The van der Waals surface area contributed by atoms with E-state index in [-0.39, 0.29) is 0 Å². The van der Waals surface area contributed by atoms with Gasteiger partial charge in [-0.3, -0.25) is 0 Å². The van der Waals surface area contributed by atoms with Gasteiger partial charge in [-0.2, -0.15) is 0 Å². The van der Waals surface area contributed by atoms with Crippen molar-refractivity contribution in [1.29, 1.82) is 0 Å². The van der Waals surface area contributed by atoms with Gasteiger partial charge in [-0.05, 0) is 51.9 Å². The summed E-state index contributed by atoms with van der Waals surface area (Å²) in [5.74, 6) is 0. The second-order valence-corrected chi connectivity index (χ2v) is 5.73. The Labute approximate surface area is 124 Å². The first-order chi connectivity index (χ1) is 9.83. The van der Waals surface area contributed by atoms with Crippen LogP contribution in [0.25, 0.3) is 22.3 Å². The van der Waals surface area contributed by atoms with Crippen molar-refractivity contribution in [1.82, 2.24) is 0 Å². The smallest absolute Gasteiger partial charge is 0.00404 e. The molecule has 0 N–H and O–H groups in total. The lowest BCUT2D eigenvalue weighted by Gasteiger charge is -2.09. The molecule has 4 rings (SSSR count).